The SMILES string of the molecule is Nc1ncnc2c1ncn2Cc1ccc(S(N)(=O)=O)cc1. The van der Waals surface area contributed by atoms with E-state index < -0.39 is 10.0 Å². The highest BCUT2D eigenvalue weighted by Crippen LogP contribution is 2.16. The molecule has 0 bridgehead atoms. The van der Waals surface area contributed by atoms with Gasteiger partial charge in [0, 0.05) is 0 Å². The van der Waals surface area contributed by atoms with Gasteiger partial charge in [0.05, 0.1) is 17.8 Å². The van der Waals surface area contributed by atoms with Crippen molar-refractivity contribution >= 4 is 27.0 Å². The summed E-state index contributed by atoms with van der Waals surface area (Å²) in [7, 11) is -3.68. The van der Waals surface area contributed by atoms with E-state index in [0.717, 1.165) is 5.56 Å². The maximum absolute atomic E-state index is 11.2. The quantitative estimate of drug-likeness (QED) is 0.706. The highest BCUT2D eigenvalue weighted by Gasteiger charge is 2.10. The molecule has 0 amide bonds. The lowest BCUT2D eigenvalue weighted by Crippen LogP contribution is -2.12. The molecule has 108 valence electrons. The summed E-state index contributed by atoms with van der Waals surface area (Å²) in [4.78, 5) is 12.3. The number of hydrogen-bond donors (Lipinski definition) is 2. The molecule has 0 aliphatic rings. The summed E-state index contributed by atoms with van der Waals surface area (Å²) in [6.45, 7) is 0.484. The molecule has 0 unspecified atom stereocenters. The van der Waals surface area contributed by atoms with E-state index in [1.165, 1.54) is 18.5 Å². The minimum atomic E-state index is -3.68. The second kappa shape index (κ2) is 4.79. The average molecular weight is 304 g/mol. The molecule has 0 aliphatic heterocycles. The van der Waals surface area contributed by atoms with Crippen molar-refractivity contribution in [3.63, 3.8) is 0 Å². The number of hydrogen-bond acceptors (Lipinski definition) is 6. The molecule has 1 aromatic carbocycles. The Morgan fingerprint density at radius 3 is 2.48 bits per heavy atom. The van der Waals surface area contributed by atoms with Crippen LogP contribution in [0.1, 0.15) is 5.56 Å². The summed E-state index contributed by atoms with van der Waals surface area (Å²) in [5, 5.41) is 5.06. The Hall–Kier alpha value is -2.52. The number of imidazole rings is 1. The number of anilines is 1. The van der Waals surface area contributed by atoms with Crippen LogP contribution in [0.15, 0.2) is 41.8 Å². The molecule has 3 aromatic rings. The van der Waals surface area contributed by atoms with Gasteiger partial charge in [-0.3, -0.25) is 0 Å². The van der Waals surface area contributed by atoms with Crippen LogP contribution in [0.25, 0.3) is 11.2 Å². The molecule has 0 aliphatic carbocycles. The van der Waals surface area contributed by atoms with Crippen LogP contribution in [0.3, 0.4) is 0 Å². The molecule has 0 saturated carbocycles. The molecule has 8 nitrogen and oxygen atoms in total. The highest BCUT2D eigenvalue weighted by atomic mass is 32.2. The van der Waals surface area contributed by atoms with E-state index in [0.29, 0.717) is 23.5 Å². The van der Waals surface area contributed by atoms with Crippen LogP contribution in [0.4, 0.5) is 5.82 Å². The van der Waals surface area contributed by atoms with E-state index in [-0.39, 0.29) is 4.90 Å². The molecule has 4 N–H and O–H groups in total. The van der Waals surface area contributed by atoms with E-state index in [1.807, 2.05) is 0 Å². The normalized spacial score (nSPS) is 11.9. The number of sulfonamides is 1. The van der Waals surface area contributed by atoms with Crippen LogP contribution < -0.4 is 10.9 Å². The van der Waals surface area contributed by atoms with Gasteiger partial charge in [0.1, 0.15) is 11.8 Å². The molecule has 3 rings (SSSR count). The van der Waals surface area contributed by atoms with Crippen molar-refractivity contribution in [2.24, 2.45) is 5.14 Å². The number of rotatable bonds is 3. The van der Waals surface area contributed by atoms with Gasteiger partial charge in [0.15, 0.2) is 11.5 Å². The first-order valence-corrected chi connectivity index (χ1v) is 7.53. The van der Waals surface area contributed by atoms with Crippen LogP contribution in [0.5, 0.6) is 0 Å². The lowest BCUT2D eigenvalue weighted by molar-refractivity contribution is 0.597. The second-order valence-electron chi connectivity index (χ2n) is 4.49. The first kappa shape index (κ1) is 13.5. The van der Waals surface area contributed by atoms with Gasteiger partial charge in [0.25, 0.3) is 0 Å². The van der Waals surface area contributed by atoms with Crippen LogP contribution in [0.2, 0.25) is 0 Å². The van der Waals surface area contributed by atoms with E-state index in [9.17, 15) is 8.42 Å². The molecular formula is C12H12N6O2S. The Balaban J connectivity index is 1.94. The summed E-state index contributed by atoms with van der Waals surface area (Å²) in [6.07, 6.45) is 2.99. The van der Waals surface area contributed by atoms with Crippen LogP contribution in [-0.2, 0) is 16.6 Å². The molecule has 0 fully saturated rings. The first-order valence-electron chi connectivity index (χ1n) is 5.98. The fourth-order valence-corrected chi connectivity index (χ4v) is 2.51. The van der Waals surface area contributed by atoms with Gasteiger partial charge in [-0.1, -0.05) is 12.1 Å². The third-order valence-corrected chi connectivity index (χ3v) is 3.96. The van der Waals surface area contributed by atoms with Crippen LogP contribution in [0, 0.1) is 0 Å². The van der Waals surface area contributed by atoms with Gasteiger partial charge < -0.3 is 10.3 Å². The number of aromatic nitrogens is 4. The molecule has 2 heterocycles. The number of fused-ring (bicyclic) bond motifs is 1. The number of primary sulfonamides is 1. The third-order valence-electron chi connectivity index (χ3n) is 3.03. The Bertz CT molecular complexity index is 901. The zero-order valence-electron chi connectivity index (χ0n) is 10.8. The number of benzene rings is 1. The van der Waals surface area contributed by atoms with E-state index in [1.54, 1.807) is 23.0 Å². The van der Waals surface area contributed by atoms with Crippen LogP contribution in [-0.4, -0.2) is 27.9 Å². The predicted molar refractivity (Wildman–Crippen MR) is 76.7 cm³/mol. The molecule has 0 saturated heterocycles. The molecule has 0 radical (unpaired) electrons. The predicted octanol–water partition coefficient (Wildman–Crippen LogP) is 0.104. The van der Waals surface area contributed by atoms with Gasteiger partial charge in [-0.05, 0) is 17.7 Å². The number of nitrogens with zero attached hydrogens (tertiary/aromatic N) is 4. The Labute approximate surface area is 120 Å². The maximum Gasteiger partial charge on any atom is 0.238 e. The first-order chi connectivity index (χ1) is 9.95. The number of nitrogen functional groups attached to an aromatic ring is 1. The Morgan fingerprint density at radius 1 is 1.10 bits per heavy atom. The van der Waals surface area contributed by atoms with Gasteiger partial charge >= 0.3 is 0 Å². The highest BCUT2D eigenvalue weighted by molar-refractivity contribution is 7.89. The zero-order valence-corrected chi connectivity index (χ0v) is 11.7. The van der Waals surface area contributed by atoms with E-state index in [2.05, 4.69) is 15.0 Å². The topological polar surface area (TPSA) is 130 Å². The summed E-state index contributed by atoms with van der Waals surface area (Å²) < 4.78 is 24.2. The van der Waals surface area contributed by atoms with Crippen molar-refractivity contribution in [1.82, 2.24) is 19.5 Å². The average Bonchev–Trinajstić information content (AvgIpc) is 2.83. The standard InChI is InChI=1S/C12H12N6O2S/c13-11-10-12(16-6-15-11)18(7-17-10)5-8-1-3-9(4-2-8)21(14,19)20/h1-4,6-7H,5H2,(H2,13,15,16)(H2,14,19,20). The van der Waals surface area contributed by atoms with Gasteiger partial charge in [-0.15, -0.1) is 0 Å². The van der Waals surface area contributed by atoms with Crippen molar-refractivity contribution in [3.8, 4) is 0 Å². The molecular weight excluding hydrogens is 292 g/mol. The molecule has 0 spiro atoms. The minimum Gasteiger partial charge on any atom is -0.382 e. The van der Waals surface area contributed by atoms with Crippen molar-refractivity contribution in [3.05, 3.63) is 42.5 Å². The summed E-state index contributed by atoms with van der Waals surface area (Å²) >= 11 is 0. The summed E-state index contributed by atoms with van der Waals surface area (Å²) in [5.74, 6) is 0.323. The van der Waals surface area contributed by atoms with Gasteiger partial charge in [-0.2, -0.15) is 0 Å². The Kier molecular flexibility index (Phi) is 3.07. The van der Waals surface area contributed by atoms with E-state index in [4.69, 9.17) is 10.9 Å². The largest absolute Gasteiger partial charge is 0.382 e. The lowest BCUT2D eigenvalue weighted by Gasteiger charge is -2.05. The van der Waals surface area contributed by atoms with Crippen molar-refractivity contribution < 1.29 is 8.42 Å². The molecule has 2 aromatic heterocycles. The molecule has 0 atom stereocenters. The van der Waals surface area contributed by atoms with Gasteiger partial charge in [0.2, 0.25) is 10.0 Å². The maximum atomic E-state index is 11.2. The summed E-state index contributed by atoms with van der Waals surface area (Å²) in [6, 6.07) is 6.31. The molecule has 21 heavy (non-hydrogen) atoms. The fourth-order valence-electron chi connectivity index (χ4n) is 2.00. The molecule has 9 heteroatoms. The van der Waals surface area contributed by atoms with E-state index >= 15 is 0 Å². The third kappa shape index (κ3) is 2.56. The smallest absolute Gasteiger partial charge is 0.238 e. The lowest BCUT2D eigenvalue weighted by atomic mass is 10.2. The van der Waals surface area contributed by atoms with Crippen LogP contribution >= 0.6 is 0 Å². The minimum absolute atomic E-state index is 0.0771. The Morgan fingerprint density at radius 2 is 1.81 bits per heavy atom. The van der Waals surface area contributed by atoms with Crippen molar-refractivity contribution in [2.45, 2.75) is 11.4 Å². The van der Waals surface area contributed by atoms with Crippen molar-refractivity contribution in [2.75, 3.05) is 5.73 Å². The monoisotopic (exact) mass is 304 g/mol. The number of nitrogens with two attached hydrogens (primary N) is 2. The summed E-state index contributed by atoms with van der Waals surface area (Å²) in [5.41, 5.74) is 7.77. The second-order valence-corrected chi connectivity index (χ2v) is 6.05. The van der Waals surface area contributed by atoms with Gasteiger partial charge in [-0.25, -0.2) is 28.5 Å². The van der Waals surface area contributed by atoms with Crippen molar-refractivity contribution in [1.29, 1.82) is 0 Å². The fraction of sp³-hybridized carbons (Fsp3) is 0.0833. The zero-order chi connectivity index (χ0) is 15.0.